The second-order valence-corrected chi connectivity index (χ2v) is 7.48. The van der Waals surface area contributed by atoms with Crippen LogP contribution >= 0.6 is 0 Å². The Balaban J connectivity index is 1.46. The molecule has 2 aromatic rings. The smallest absolute Gasteiger partial charge is 0.0897 e. The second-order valence-electron chi connectivity index (χ2n) is 7.48. The first kappa shape index (κ1) is 16.8. The minimum absolute atomic E-state index is 0.149. The quantitative estimate of drug-likeness (QED) is 0.891. The average Bonchev–Trinajstić information content (AvgIpc) is 3.03. The van der Waals surface area contributed by atoms with Crippen LogP contribution in [-0.2, 0) is 0 Å². The first-order valence-electron chi connectivity index (χ1n) is 9.34. The molecule has 2 fully saturated rings. The highest BCUT2D eigenvalue weighted by Crippen LogP contribution is 2.39. The van der Waals surface area contributed by atoms with Gasteiger partial charge in [0.2, 0.25) is 0 Å². The molecule has 4 rings (SSSR count). The summed E-state index contributed by atoms with van der Waals surface area (Å²) in [4.78, 5) is 9.30. The zero-order valence-corrected chi connectivity index (χ0v) is 14.6. The number of nitrogens with zero attached hydrogens (tertiary/aromatic N) is 3. The van der Waals surface area contributed by atoms with E-state index in [4.69, 9.17) is 5.11 Å². The first-order valence-corrected chi connectivity index (χ1v) is 9.34. The van der Waals surface area contributed by atoms with Crippen LogP contribution < -0.4 is 4.90 Å². The molecule has 3 heterocycles. The summed E-state index contributed by atoms with van der Waals surface area (Å²) in [7, 11) is 0. The van der Waals surface area contributed by atoms with Crippen LogP contribution in [0.15, 0.2) is 36.5 Å². The molecule has 2 N–H and O–H groups in total. The SMILES string of the molecule is OC[C@@H](O)CN1CCCC12CCN(c1ccc3ncccc3c1)CC2. The lowest BCUT2D eigenvalue weighted by atomic mass is 9.84. The lowest BCUT2D eigenvalue weighted by Gasteiger charge is -2.46. The average molecular weight is 341 g/mol. The van der Waals surface area contributed by atoms with Crippen molar-refractivity contribution in [2.75, 3.05) is 37.7 Å². The highest BCUT2D eigenvalue weighted by Gasteiger charge is 2.43. The monoisotopic (exact) mass is 341 g/mol. The fraction of sp³-hybridized carbons (Fsp3) is 0.550. The van der Waals surface area contributed by atoms with Crippen molar-refractivity contribution >= 4 is 16.6 Å². The highest BCUT2D eigenvalue weighted by molar-refractivity contribution is 5.82. The Bertz CT molecular complexity index is 728. The summed E-state index contributed by atoms with van der Waals surface area (Å²) in [5, 5.41) is 20.2. The number of likely N-dealkylation sites (tertiary alicyclic amines) is 1. The molecule has 25 heavy (non-hydrogen) atoms. The number of rotatable bonds is 4. The van der Waals surface area contributed by atoms with Gasteiger partial charge >= 0.3 is 0 Å². The largest absolute Gasteiger partial charge is 0.394 e. The maximum Gasteiger partial charge on any atom is 0.0897 e. The number of aliphatic hydroxyl groups excluding tert-OH is 2. The number of hydrogen-bond donors (Lipinski definition) is 2. The van der Waals surface area contributed by atoms with E-state index in [1.54, 1.807) is 0 Å². The Morgan fingerprint density at radius 2 is 1.96 bits per heavy atom. The third kappa shape index (κ3) is 3.24. The molecule has 1 spiro atoms. The molecule has 5 nitrogen and oxygen atoms in total. The predicted molar refractivity (Wildman–Crippen MR) is 99.8 cm³/mol. The van der Waals surface area contributed by atoms with Crippen LogP contribution in [0.1, 0.15) is 25.7 Å². The minimum atomic E-state index is -0.624. The Morgan fingerprint density at radius 1 is 1.12 bits per heavy atom. The van der Waals surface area contributed by atoms with Crippen LogP contribution in [0.5, 0.6) is 0 Å². The minimum Gasteiger partial charge on any atom is -0.394 e. The van der Waals surface area contributed by atoms with Crippen molar-refractivity contribution in [3.05, 3.63) is 36.5 Å². The molecule has 2 aliphatic heterocycles. The number of benzene rings is 1. The van der Waals surface area contributed by atoms with Gasteiger partial charge in [-0.05, 0) is 56.5 Å². The summed E-state index contributed by atoms with van der Waals surface area (Å²) >= 11 is 0. The van der Waals surface area contributed by atoms with Crippen LogP contribution in [0.2, 0.25) is 0 Å². The third-order valence-electron chi connectivity index (χ3n) is 6.03. The number of anilines is 1. The highest BCUT2D eigenvalue weighted by atomic mass is 16.3. The molecule has 0 bridgehead atoms. The lowest BCUT2D eigenvalue weighted by Crippen LogP contribution is -2.54. The number of aromatic nitrogens is 1. The molecule has 1 atom stereocenters. The van der Waals surface area contributed by atoms with Crippen LogP contribution in [0.4, 0.5) is 5.69 Å². The fourth-order valence-corrected chi connectivity index (χ4v) is 4.60. The molecule has 0 saturated carbocycles. The number of aliphatic hydroxyl groups is 2. The van der Waals surface area contributed by atoms with Crippen molar-refractivity contribution in [2.45, 2.75) is 37.3 Å². The van der Waals surface area contributed by atoms with E-state index in [-0.39, 0.29) is 12.1 Å². The van der Waals surface area contributed by atoms with Crippen LogP contribution in [-0.4, -0.2) is 64.5 Å². The van der Waals surface area contributed by atoms with Crippen molar-refractivity contribution < 1.29 is 10.2 Å². The molecule has 0 radical (unpaired) electrons. The van der Waals surface area contributed by atoms with Gasteiger partial charge in [0.15, 0.2) is 0 Å². The molecule has 2 aliphatic rings. The third-order valence-corrected chi connectivity index (χ3v) is 6.03. The zero-order chi connectivity index (χ0) is 17.3. The predicted octanol–water partition coefficient (Wildman–Crippen LogP) is 2.02. The van der Waals surface area contributed by atoms with Gasteiger partial charge < -0.3 is 15.1 Å². The van der Waals surface area contributed by atoms with Crippen LogP contribution in [0.3, 0.4) is 0 Å². The van der Waals surface area contributed by atoms with Gasteiger partial charge in [0.05, 0.1) is 18.2 Å². The molecule has 0 aliphatic carbocycles. The molecule has 0 amide bonds. The van der Waals surface area contributed by atoms with E-state index in [9.17, 15) is 5.11 Å². The molecule has 1 aromatic carbocycles. The summed E-state index contributed by atoms with van der Waals surface area (Å²) < 4.78 is 0. The van der Waals surface area contributed by atoms with E-state index in [0.717, 1.165) is 38.0 Å². The van der Waals surface area contributed by atoms with Crippen molar-refractivity contribution in [1.29, 1.82) is 0 Å². The second kappa shape index (κ2) is 6.90. The number of fused-ring (bicyclic) bond motifs is 1. The zero-order valence-electron chi connectivity index (χ0n) is 14.6. The van der Waals surface area contributed by atoms with Crippen molar-refractivity contribution in [1.82, 2.24) is 9.88 Å². The van der Waals surface area contributed by atoms with Gasteiger partial charge in [0, 0.05) is 42.4 Å². The lowest BCUT2D eigenvalue weighted by molar-refractivity contribution is 0.0208. The standard InChI is InChI=1S/C20H27N3O2/c24-15-18(25)14-23-10-2-6-20(23)7-11-22(12-8-20)17-4-5-19-16(13-17)3-1-9-21-19/h1,3-5,9,13,18,24-25H,2,6-8,10-12,14-15H2/t18-/m0/s1. The fourth-order valence-electron chi connectivity index (χ4n) is 4.60. The summed E-state index contributed by atoms with van der Waals surface area (Å²) in [5.41, 5.74) is 2.53. The Labute approximate surface area is 148 Å². The van der Waals surface area contributed by atoms with Crippen molar-refractivity contribution in [2.24, 2.45) is 0 Å². The van der Waals surface area contributed by atoms with Gasteiger partial charge in [-0.3, -0.25) is 9.88 Å². The maximum atomic E-state index is 9.85. The molecule has 5 heteroatoms. The molecular formula is C20H27N3O2. The van der Waals surface area contributed by atoms with Crippen molar-refractivity contribution in [3.63, 3.8) is 0 Å². The van der Waals surface area contributed by atoms with E-state index >= 15 is 0 Å². The topological polar surface area (TPSA) is 59.8 Å². The number of β-amino-alcohol motifs (C(OH)–C–C–N with tert-alkyl or cyclic N) is 1. The summed E-state index contributed by atoms with van der Waals surface area (Å²) in [5.74, 6) is 0. The summed E-state index contributed by atoms with van der Waals surface area (Å²) in [6.07, 6.45) is 5.86. The number of pyridine rings is 1. The van der Waals surface area contributed by atoms with Gasteiger partial charge in [-0.15, -0.1) is 0 Å². The van der Waals surface area contributed by atoms with Gasteiger partial charge in [0.25, 0.3) is 0 Å². The van der Waals surface area contributed by atoms with Crippen LogP contribution in [0, 0.1) is 0 Å². The van der Waals surface area contributed by atoms with Gasteiger partial charge in [-0.25, -0.2) is 0 Å². The van der Waals surface area contributed by atoms with E-state index in [0.29, 0.717) is 6.54 Å². The normalized spacial score (nSPS) is 21.9. The van der Waals surface area contributed by atoms with Gasteiger partial charge in [-0.1, -0.05) is 6.07 Å². The van der Waals surface area contributed by atoms with E-state index in [2.05, 4.69) is 39.0 Å². The van der Waals surface area contributed by atoms with E-state index in [1.165, 1.54) is 23.9 Å². The Morgan fingerprint density at radius 3 is 2.76 bits per heavy atom. The molecule has 1 aromatic heterocycles. The summed E-state index contributed by atoms with van der Waals surface area (Å²) in [6.45, 7) is 3.57. The maximum absolute atomic E-state index is 9.85. The molecule has 2 saturated heterocycles. The first-order chi connectivity index (χ1) is 12.2. The summed E-state index contributed by atoms with van der Waals surface area (Å²) in [6, 6.07) is 10.6. The van der Waals surface area contributed by atoms with E-state index in [1.807, 2.05) is 12.3 Å². The number of hydrogen-bond acceptors (Lipinski definition) is 5. The van der Waals surface area contributed by atoms with Gasteiger partial charge in [0.1, 0.15) is 0 Å². The Hall–Kier alpha value is -1.69. The Kier molecular flexibility index (Phi) is 4.63. The van der Waals surface area contributed by atoms with E-state index < -0.39 is 6.10 Å². The van der Waals surface area contributed by atoms with Gasteiger partial charge in [-0.2, -0.15) is 0 Å². The van der Waals surface area contributed by atoms with Crippen molar-refractivity contribution in [3.8, 4) is 0 Å². The molecular weight excluding hydrogens is 314 g/mol. The molecule has 0 unspecified atom stereocenters. The van der Waals surface area contributed by atoms with Crippen LogP contribution in [0.25, 0.3) is 10.9 Å². The molecule has 134 valence electrons. The number of piperidine rings is 1.